The van der Waals surface area contributed by atoms with Crippen molar-refractivity contribution in [2.75, 3.05) is 0 Å². The van der Waals surface area contributed by atoms with Gasteiger partial charge in [-0.25, -0.2) is 9.97 Å². The molecule has 0 amide bonds. The standard InChI is InChI=1S/2C5H8N2.2ClH.Pd/c2*1-2-7-4-3-6-5-7;;;/h2*3-5H,2H2,1H3;2*1H;/q;;;;+2/p-2. The van der Waals surface area contributed by atoms with E-state index in [4.69, 9.17) is 19.1 Å². The molecule has 0 fully saturated rings. The van der Waals surface area contributed by atoms with Crippen LogP contribution in [-0.4, -0.2) is 19.1 Å². The summed E-state index contributed by atoms with van der Waals surface area (Å²) in [4.78, 5) is 7.71. The quantitative estimate of drug-likeness (QED) is 0.762. The summed E-state index contributed by atoms with van der Waals surface area (Å²) in [5, 5.41) is 0. The van der Waals surface area contributed by atoms with Gasteiger partial charge in [0.25, 0.3) is 0 Å². The molecule has 100 valence electrons. The van der Waals surface area contributed by atoms with Gasteiger partial charge in [-0.15, -0.1) is 0 Å². The Morgan fingerprint density at radius 3 is 1.41 bits per heavy atom. The molecule has 2 heterocycles. The van der Waals surface area contributed by atoms with Crippen LogP contribution >= 0.6 is 19.1 Å². The van der Waals surface area contributed by atoms with E-state index in [1.165, 1.54) is 0 Å². The Hall–Kier alpha value is -0.338. The van der Waals surface area contributed by atoms with Crippen LogP contribution in [0, 0.1) is 0 Å². The molecule has 0 aliphatic heterocycles. The second-order valence-electron chi connectivity index (χ2n) is 2.83. The number of nitrogens with zero attached hydrogens (tertiary/aromatic N) is 4. The van der Waals surface area contributed by atoms with Gasteiger partial charge < -0.3 is 9.13 Å². The number of hydrogen-bond donors (Lipinski definition) is 0. The molecule has 7 heteroatoms. The zero-order chi connectivity index (χ0) is 12.9. The number of rotatable bonds is 2. The van der Waals surface area contributed by atoms with Crippen molar-refractivity contribution < 1.29 is 15.9 Å². The van der Waals surface area contributed by atoms with Crippen LogP contribution in [0.1, 0.15) is 13.8 Å². The SMILES string of the molecule is CCn1ccnc1.CCn1ccnc1.[Cl][Pd][Cl]. The minimum atomic E-state index is -0.106. The van der Waals surface area contributed by atoms with E-state index in [-0.39, 0.29) is 15.9 Å². The van der Waals surface area contributed by atoms with E-state index in [9.17, 15) is 0 Å². The zero-order valence-electron chi connectivity index (χ0n) is 9.74. The first-order chi connectivity index (χ1) is 8.28. The molecule has 0 aliphatic rings. The Morgan fingerprint density at radius 1 is 0.941 bits per heavy atom. The van der Waals surface area contributed by atoms with Crippen molar-refractivity contribution in [3.63, 3.8) is 0 Å². The van der Waals surface area contributed by atoms with Crippen molar-refractivity contribution in [2.45, 2.75) is 26.9 Å². The van der Waals surface area contributed by atoms with Crippen LogP contribution in [0.4, 0.5) is 0 Å². The number of imidazole rings is 2. The summed E-state index contributed by atoms with van der Waals surface area (Å²) in [7, 11) is 9.63. The topological polar surface area (TPSA) is 35.6 Å². The van der Waals surface area contributed by atoms with Gasteiger partial charge in [-0.1, -0.05) is 0 Å². The molecule has 0 aliphatic carbocycles. The molecule has 2 aromatic heterocycles. The fourth-order valence-corrected chi connectivity index (χ4v) is 0.948. The van der Waals surface area contributed by atoms with Crippen molar-refractivity contribution in [2.24, 2.45) is 0 Å². The van der Waals surface area contributed by atoms with Gasteiger partial charge in [-0.2, -0.15) is 0 Å². The van der Waals surface area contributed by atoms with Crippen molar-refractivity contribution in [3.8, 4) is 0 Å². The molecule has 4 nitrogen and oxygen atoms in total. The predicted molar refractivity (Wildman–Crippen MR) is 67.5 cm³/mol. The summed E-state index contributed by atoms with van der Waals surface area (Å²) in [5.41, 5.74) is 0. The second-order valence-corrected chi connectivity index (χ2v) is 5.19. The Balaban J connectivity index is 0.000000247. The van der Waals surface area contributed by atoms with Crippen molar-refractivity contribution in [1.82, 2.24) is 19.1 Å². The van der Waals surface area contributed by atoms with Crippen LogP contribution in [0.3, 0.4) is 0 Å². The van der Waals surface area contributed by atoms with Crippen molar-refractivity contribution in [1.29, 1.82) is 0 Å². The molecule has 0 aromatic carbocycles. The Kier molecular flexibility index (Phi) is 11.9. The van der Waals surface area contributed by atoms with E-state index in [1.807, 2.05) is 21.5 Å². The number of aryl methyl sites for hydroxylation is 2. The van der Waals surface area contributed by atoms with Gasteiger partial charge in [-0.05, 0) is 13.8 Å². The molecule has 2 aromatic rings. The predicted octanol–water partition coefficient (Wildman–Crippen LogP) is 3.18. The normalized spacial score (nSPS) is 8.94. The fraction of sp³-hybridized carbons (Fsp3) is 0.400. The molecule has 17 heavy (non-hydrogen) atoms. The molecule has 0 saturated carbocycles. The van der Waals surface area contributed by atoms with Gasteiger partial charge in [0, 0.05) is 37.9 Å². The van der Waals surface area contributed by atoms with Crippen LogP contribution in [-0.2, 0) is 29.0 Å². The van der Waals surface area contributed by atoms with Gasteiger partial charge >= 0.3 is 35.0 Å². The molecule has 0 spiro atoms. The van der Waals surface area contributed by atoms with Crippen LogP contribution in [0.25, 0.3) is 0 Å². The monoisotopic (exact) mass is 368 g/mol. The van der Waals surface area contributed by atoms with E-state index in [2.05, 4.69) is 23.8 Å². The van der Waals surface area contributed by atoms with Gasteiger partial charge in [0.1, 0.15) is 0 Å². The average Bonchev–Trinajstić information content (AvgIpc) is 3.04. The Bertz CT molecular complexity index is 303. The first-order valence-corrected chi connectivity index (χ1v) is 9.02. The molecule has 0 atom stereocenters. The Labute approximate surface area is 118 Å². The van der Waals surface area contributed by atoms with Gasteiger partial charge in [0.2, 0.25) is 0 Å². The molecule has 0 radical (unpaired) electrons. The molecule has 0 N–H and O–H groups in total. The second kappa shape index (κ2) is 12.1. The molecule has 0 saturated heterocycles. The van der Waals surface area contributed by atoms with Crippen LogP contribution in [0.5, 0.6) is 0 Å². The number of hydrogen-bond acceptors (Lipinski definition) is 2. The van der Waals surface area contributed by atoms with Crippen LogP contribution in [0.2, 0.25) is 0 Å². The average molecular weight is 370 g/mol. The van der Waals surface area contributed by atoms with E-state index in [0.717, 1.165) is 13.1 Å². The van der Waals surface area contributed by atoms with Gasteiger partial charge in [-0.3, -0.25) is 0 Å². The molecule has 0 unspecified atom stereocenters. The van der Waals surface area contributed by atoms with Crippen LogP contribution < -0.4 is 0 Å². The third-order valence-electron chi connectivity index (χ3n) is 1.85. The van der Waals surface area contributed by atoms with Gasteiger partial charge in [0.05, 0.1) is 12.7 Å². The van der Waals surface area contributed by atoms with Gasteiger partial charge in [0.15, 0.2) is 0 Å². The number of halogens is 2. The van der Waals surface area contributed by atoms with E-state index >= 15 is 0 Å². The molecular formula is C10H16Cl2N4Pd. The minimum absolute atomic E-state index is 0.106. The summed E-state index contributed by atoms with van der Waals surface area (Å²) in [6, 6.07) is 0. The maximum absolute atomic E-state index is 4.81. The Morgan fingerprint density at radius 2 is 1.29 bits per heavy atom. The summed E-state index contributed by atoms with van der Waals surface area (Å²) in [6.45, 7) is 6.20. The molecule has 2 rings (SSSR count). The summed E-state index contributed by atoms with van der Waals surface area (Å²) in [6.07, 6.45) is 11.1. The third-order valence-corrected chi connectivity index (χ3v) is 1.85. The summed E-state index contributed by atoms with van der Waals surface area (Å²) < 4.78 is 4.03. The summed E-state index contributed by atoms with van der Waals surface area (Å²) >= 11 is -0.106. The maximum atomic E-state index is 4.81. The first-order valence-electron chi connectivity index (χ1n) is 5.02. The first kappa shape index (κ1) is 16.7. The van der Waals surface area contributed by atoms with Crippen molar-refractivity contribution in [3.05, 3.63) is 37.4 Å². The molecule has 0 bridgehead atoms. The van der Waals surface area contributed by atoms with E-state index in [0.29, 0.717) is 0 Å². The molecular weight excluding hydrogens is 353 g/mol. The van der Waals surface area contributed by atoms with E-state index in [1.54, 1.807) is 25.0 Å². The number of aromatic nitrogens is 4. The summed E-state index contributed by atoms with van der Waals surface area (Å²) in [5.74, 6) is 0. The van der Waals surface area contributed by atoms with Crippen LogP contribution in [0.15, 0.2) is 37.4 Å². The third kappa shape index (κ3) is 9.37. The van der Waals surface area contributed by atoms with E-state index < -0.39 is 0 Å². The zero-order valence-corrected chi connectivity index (χ0v) is 12.8. The fourth-order valence-electron chi connectivity index (χ4n) is 0.948. The van der Waals surface area contributed by atoms with Crippen molar-refractivity contribution >= 4 is 19.1 Å².